The van der Waals surface area contributed by atoms with Crippen LogP contribution in [-0.4, -0.2) is 10.8 Å². The molecular weight excluding hydrogens is 294 g/mol. The molecule has 3 nitrogen and oxygen atoms in total. The molecule has 0 spiro atoms. The minimum Gasteiger partial charge on any atom is -0.375 e. The summed E-state index contributed by atoms with van der Waals surface area (Å²) in [6, 6.07) is 2.01. The first kappa shape index (κ1) is 13.9. The van der Waals surface area contributed by atoms with E-state index in [1.54, 1.807) is 0 Å². The summed E-state index contributed by atoms with van der Waals surface area (Å²) in [5.74, 6) is -2.00. The van der Waals surface area contributed by atoms with Crippen LogP contribution in [0.2, 0.25) is 4.47 Å². The van der Waals surface area contributed by atoms with Gasteiger partial charge in [-0.25, -0.2) is 13.8 Å². The Bertz CT molecular complexity index is 607. The zero-order valence-electron chi connectivity index (χ0n) is 9.84. The van der Waals surface area contributed by atoms with Gasteiger partial charge in [-0.3, -0.25) is 4.79 Å². The summed E-state index contributed by atoms with van der Waals surface area (Å²) < 4.78 is 27.7. The van der Waals surface area contributed by atoms with E-state index in [0.717, 1.165) is 17.0 Å². The molecule has 1 aromatic carbocycles. The fourth-order valence-electron chi connectivity index (χ4n) is 1.49. The summed E-state index contributed by atoms with van der Waals surface area (Å²) in [6.07, 6.45) is 1.53. The molecule has 0 saturated heterocycles. The molecule has 0 aliphatic carbocycles. The third kappa shape index (κ3) is 3.27. The summed E-state index contributed by atoms with van der Waals surface area (Å²) in [5, 5.41) is 2.63. The number of nitrogens with zero attached hydrogens (tertiary/aromatic N) is 1. The molecule has 19 heavy (non-hydrogen) atoms. The predicted molar refractivity (Wildman–Crippen MR) is 70.8 cm³/mol. The van der Waals surface area contributed by atoms with Crippen molar-refractivity contribution in [2.45, 2.75) is 13.5 Å². The molecule has 7 heteroatoms. The highest BCUT2D eigenvalue weighted by atomic mass is 35.5. The largest absolute Gasteiger partial charge is 0.375 e. The number of nitrogens with one attached hydrogen (secondary N) is 1. The van der Waals surface area contributed by atoms with Crippen LogP contribution in [0.1, 0.15) is 22.2 Å². The number of thiazole rings is 1. The highest BCUT2D eigenvalue weighted by Gasteiger charge is 2.13. The zero-order valence-corrected chi connectivity index (χ0v) is 11.4. The summed E-state index contributed by atoms with van der Waals surface area (Å²) in [5.41, 5.74) is -0.268. The Morgan fingerprint density at radius 1 is 1.42 bits per heavy atom. The molecule has 0 radical (unpaired) electrons. The lowest BCUT2D eigenvalue weighted by molar-refractivity contribution is 0.101. The highest BCUT2D eigenvalue weighted by molar-refractivity contribution is 7.15. The molecule has 1 aromatic heterocycles. The van der Waals surface area contributed by atoms with Gasteiger partial charge in [0.1, 0.15) is 17.3 Å². The third-order valence-corrected chi connectivity index (χ3v) is 3.53. The van der Waals surface area contributed by atoms with Crippen LogP contribution in [0.15, 0.2) is 18.3 Å². The van der Waals surface area contributed by atoms with Crippen molar-refractivity contribution in [2.24, 2.45) is 0 Å². The standard InChI is InChI=1S/C12H9ClF2N2OS/c1-6(18)7-2-9(14)11(10(15)3-7)16-4-8-5-17-12(13)19-8/h2-3,5,16H,4H2,1H3. The molecule has 0 atom stereocenters. The molecule has 0 aliphatic heterocycles. The zero-order chi connectivity index (χ0) is 14.0. The van der Waals surface area contributed by atoms with E-state index in [9.17, 15) is 13.6 Å². The summed E-state index contributed by atoms with van der Waals surface area (Å²) in [4.78, 5) is 15.6. The van der Waals surface area contributed by atoms with Gasteiger partial charge in [0.05, 0.1) is 6.54 Å². The Hall–Kier alpha value is -1.53. The third-order valence-electron chi connectivity index (χ3n) is 2.41. The van der Waals surface area contributed by atoms with Crippen molar-refractivity contribution >= 4 is 34.4 Å². The number of ketones is 1. The van der Waals surface area contributed by atoms with Crippen LogP contribution >= 0.6 is 22.9 Å². The van der Waals surface area contributed by atoms with E-state index in [0.29, 0.717) is 4.47 Å². The van der Waals surface area contributed by atoms with Gasteiger partial charge in [0.15, 0.2) is 10.3 Å². The average Bonchev–Trinajstić information content (AvgIpc) is 2.73. The monoisotopic (exact) mass is 302 g/mol. The second-order valence-corrected chi connectivity index (χ2v) is 5.50. The highest BCUT2D eigenvalue weighted by Crippen LogP contribution is 2.23. The number of anilines is 1. The lowest BCUT2D eigenvalue weighted by Gasteiger charge is -2.08. The van der Waals surface area contributed by atoms with Gasteiger partial charge >= 0.3 is 0 Å². The average molecular weight is 303 g/mol. The molecule has 0 amide bonds. The molecule has 2 aromatic rings. The Labute approximate surface area is 117 Å². The minimum absolute atomic E-state index is 0.00128. The van der Waals surface area contributed by atoms with Crippen LogP contribution < -0.4 is 5.32 Å². The van der Waals surface area contributed by atoms with E-state index in [1.165, 1.54) is 24.5 Å². The van der Waals surface area contributed by atoms with E-state index >= 15 is 0 Å². The number of hydrogen-bond donors (Lipinski definition) is 1. The van der Waals surface area contributed by atoms with E-state index in [4.69, 9.17) is 11.6 Å². The van der Waals surface area contributed by atoms with Crippen molar-refractivity contribution in [3.8, 4) is 0 Å². The predicted octanol–water partition coefficient (Wildman–Crippen LogP) is 3.89. The molecular formula is C12H9ClF2N2OS. The van der Waals surface area contributed by atoms with Crippen molar-refractivity contribution in [3.63, 3.8) is 0 Å². The van der Waals surface area contributed by atoms with Crippen LogP contribution in [0, 0.1) is 11.6 Å². The van der Waals surface area contributed by atoms with E-state index in [-0.39, 0.29) is 17.8 Å². The van der Waals surface area contributed by atoms with E-state index in [2.05, 4.69) is 10.3 Å². The van der Waals surface area contributed by atoms with Crippen LogP contribution in [0.4, 0.5) is 14.5 Å². The van der Waals surface area contributed by atoms with Gasteiger partial charge in [0, 0.05) is 16.6 Å². The van der Waals surface area contributed by atoms with Crippen molar-refractivity contribution in [1.29, 1.82) is 0 Å². The molecule has 0 aliphatic rings. The molecule has 2 rings (SSSR count). The van der Waals surface area contributed by atoms with E-state index in [1.807, 2.05) is 0 Å². The van der Waals surface area contributed by atoms with Crippen molar-refractivity contribution in [1.82, 2.24) is 4.98 Å². The Balaban J connectivity index is 2.18. The molecule has 0 fully saturated rings. The molecule has 0 saturated carbocycles. The number of Topliss-reactive ketones (excluding diaryl/α,β-unsaturated/α-hetero) is 1. The maximum Gasteiger partial charge on any atom is 0.183 e. The summed E-state index contributed by atoms with van der Waals surface area (Å²) >= 11 is 6.87. The molecule has 100 valence electrons. The van der Waals surface area contributed by atoms with Gasteiger partial charge in [-0.05, 0) is 19.1 Å². The molecule has 1 heterocycles. The van der Waals surface area contributed by atoms with Crippen molar-refractivity contribution < 1.29 is 13.6 Å². The second-order valence-electron chi connectivity index (χ2n) is 3.80. The maximum atomic E-state index is 13.7. The normalized spacial score (nSPS) is 10.5. The molecule has 0 bridgehead atoms. The number of halogens is 3. The van der Waals surface area contributed by atoms with Crippen molar-refractivity contribution in [2.75, 3.05) is 5.32 Å². The van der Waals surface area contributed by atoms with E-state index < -0.39 is 17.4 Å². The first-order valence-electron chi connectivity index (χ1n) is 5.31. The van der Waals surface area contributed by atoms with Gasteiger partial charge < -0.3 is 5.32 Å². The Morgan fingerprint density at radius 2 is 2.05 bits per heavy atom. The van der Waals surface area contributed by atoms with Crippen LogP contribution in [0.3, 0.4) is 0 Å². The quantitative estimate of drug-likeness (QED) is 0.871. The number of hydrogen-bond acceptors (Lipinski definition) is 4. The SMILES string of the molecule is CC(=O)c1cc(F)c(NCc2cnc(Cl)s2)c(F)c1. The smallest absolute Gasteiger partial charge is 0.183 e. The summed E-state index contributed by atoms with van der Waals surface area (Å²) in [6.45, 7) is 1.46. The van der Waals surface area contributed by atoms with Crippen LogP contribution in [0.5, 0.6) is 0 Å². The first-order chi connectivity index (χ1) is 8.97. The van der Waals surface area contributed by atoms with Crippen LogP contribution in [0.25, 0.3) is 0 Å². The number of carbonyl (C=O) groups excluding carboxylic acids is 1. The molecule has 0 unspecified atom stereocenters. The Kier molecular flexibility index (Phi) is 4.11. The lowest BCUT2D eigenvalue weighted by Crippen LogP contribution is -2.05. The number of aromatic nitrogens is 1. The van der Waals surface area contributed by atoms with Gasteiger partial charge in [-0.1, -0.05) is 11.6 Å². The fraction of sp³-hybridized carbons (Fsp3) is 0.167. The molecule has 1 N–H and O–H groups in total. The first-order valence-corrected chi connectivity index (χ1v) is 6.51. The number of benzene rings is 1. The second kappa shape index (κ2) is 5.63. The number of rotatable bonds is 4. The van der Waals surface area contributed by atoms with Crippen molar-refractivity contribution in [3.05, 3.63) is 44.9 Å². The Morgan fingerprint density at radius 3 is 2.53 bits per heavy atom. The van der Waals surface area contributed by atoms with Gasteiger partial charge in [-0.2, -0.15) is 0 Å². The van der Waals surface area contributed by atoms with Gasteiger partial charge in [0.25, 0.3) is 0 Å². The minimum atomic E-state index is -0.805. The van der Waals surface area contributed by atoms with Gasteiger partial charge in [0.2, 0.25) is 0 Å². The number of carbonyl (C=O) groups is 1. The van der Waals surface area contributed by atoms with Gasteiger partial charge in [-0.15, -0.1) is 11.3 Å². The summed E-state index contributed by atoms with van der Waals surface area (Å²) in [7, 11) is 0. The van der Waals surface area contributed by atoms with Crippen LogP contribution in [-0.2, 0) is 6.54 Å². The fourth-order valence-corrected chi connectivity index (χ4v) is 2.40. The maximum absolute atomic E-state index is 13.7. The topological polar surface area (TPSA) is 42.0 Å². The lowest BCUT2D eigenvalue weighted by atomic mass is 10.1.